The van der Waals surface area contributed by atoms with Crippen molar-refractivity contribution < 1.29 is 13.7 Å². The van der Waals surface area contributed by atoms with E-state index in [2.05, 4.69) is 0 Å². The lowest BCUT2D eigenvalue weighted by Gasteiger charge is -2.16. The second-order valence-electron chi connectivity index (χ2n) is 3.48. The van der Waals surface area contributed by atoms with Crippen molar-refractivity contribution in [2.45, 2.75) is 43.8 Å². The monoisotopic (exact) mass is 204 g/mol. The van der Waals surface area contributed by atoms with Crippen LogP contribution in [0.15, 0.2) is 0 Å². The SMILES string of the molecule is CC(=O)C(C)S(=O)C1CCOC1C. The highest BCUT2D eigenvalue weighted by Crippen LogP contribution is 2.21. The average molecular weight is 204 g/mol. The quantitative estimate of drug-likeness (QED) is 0.685. The summed E-state index contributed by atoms with van der Waals surface area (Å²) in [7, 11) is -1.07. The van der Waals surface area contributed by atoms with Crippen molar-refractivity contribution in [2.24, 2.45) is 0 Å². The lowest BCUT2D eigenvalue weighted by Crippen LogP contribution is -2.32. The second kappa shape index (κ2) is 4.33. The van der Waals surface area contributed by atoms with Gasteiger partial charge in [0.05, 0.1) is 16.6 Å². The predicted molar refractivity (Wildman–Crippen MR) is 52.1 cm³/mol. The normalized spacial score (nSPS) is 32.8. The van der Waals surface area contributed by atoms with E-state index in [4.69, 9.17) is 4.74 Å². The van der Waals surface area contributed by atoms with Gasteiger partial charge in [0.1, 0.15) is 5.78 Å². The maximum absolute atomic E-state index is 11.8. The Morgan fingerprint density at radius 3 is 2.62 bits per heavy atom. The topological polar surface area (TPSA) is 43.4 Å². The minimum atomic E-state index is -1.07. The molecule has 0 aromatic heterocycles. The third-order valence-electron chi connectivity index (χ3n) is 2.53. The summed E-state index contributed by atoms with van der Waals surface area (Å²) < 4.78 is 17.1. The molecule has 0 radical (unpaired) electrons. The number of ether oxygens (including phenoxy) is 1. The lowest BCUT2D eigenvalue weighted by atomic mass is 10.3. The zero-order valence-corrected chi connectivity index (χ0v) is 9.10. The zero-order valence-electron chi connectivity index (χ0n) is 8.28. The van der Waals surface area contributed by atoms with Gasteiger partial charge in [-0.25, -0.2) is 0 Å². The van der Waals surface area contributed by atoms with E-state index >= 15 is 0 Å². The van der Waals surface area contributed by atoms with Crippen LogP contribution in [0, 0.1) is 0 Å². The molecule has 0 aromatic carbocycles. The summed E-state index contributed by atoms with van der Waals surface area (Å²) in [4.78, 5) is 11.0. The molecular weight excluding hydrogens is 188 g/mol. The van der Waals surface area contributed by atoms with E-state index in [0.29, 0.717) is 6.61 Å². The summed E-state index contributed by atoms with van der Waals surface area (Å²) in [6.45, 7) is 5.80. The molecule has 0 N–H and O–H groups in total. The van der Waals surface area contributed by atoms with E-state index in [1.807, 2.05) is 6.92 Å². The molecule has 4 unspecified atom stereocenters. The van der Waals surface area contributed by atoms with Crippen LogP contribution in [0.4, 0.5) is 0 Å². The molecule has 0 bridgehead atoms. The molecule has 3 nitrogen and oxygen atoms in total. The van der Waals surface area contributed by atoms with E-state index < -0.39 is 10.8 Å². The van der Waals surface area contributed by atoms with Crippen LogP contribution < -0.4 is 0 Å². The summed E-state index contributed by atoms with van der Waals surface area (Å²) in [5.74, 6) is -0.00238. The highest BCUT2D eigenvalue weighted by molar-refractivity contribution is 7.87. The van der Waals surface area contributed by atoms with E-state index in [9.17, 15) is 9.00 Å². The first-order valence-electron chi connectivity index (χ1n) is 4.55. The Bertz CT molecular complexity index is 227. The maximum Gasteiger partial charge on any atom is 0.145 e. The fourth-order valence-electron chi connectivity index (χ4n) is 1.44. The third-order valence-corrected chi connectivity index (χ3v) is 4.77. The molecule has 0 aliphatic carbocycles. The van der Waals surface area contributed by atoms with Crippen molar-refractivity contribution in [1.82, 2.24) is 0 Å². The highest BCUT2D eigenvalue weighted by Gasteiger charge is 2.33. The number of rotatable bonds is 3. The Morgan fingerprint density at radius 2 is 2.23 bits per heavy atom. The van der Waals surface area contributed by atoms with Gasteiger partial charge in [-0.1, -0.05) is 0 Å². The van der Waals surface area contributed by atoms with Gasteiger partial charge in [-0.15, -0.1) is 0 Å². The maximum atomic E-state index is 11.8. The predicted octanol–water partition coefficient (Wildman–Crippen LogP) is 0.890. The Morgan fingerprint density at radius 1 is 1.62 bits per heavy atom. The summed E-state index contributed by atoms with van der Waals surface area (Å²) in [5, 5.41) is -0.312. The van der Waals surface area contributed by atoms with Crippen LogP contribution >= 0.6 is 0 Å². The molecule has 1 rings (SSSR count). The first kappa shape index (κ1) is 10.9. The van der Waals surface area contributed by atoms with E-state index in [1.165, 1.54) is 6.92 Å². The van der Waals surface area contributed by atoms with E-state index in [0.717, 1.165) is 6.42 Å². The third kappa shape index (κ3) is 2.38. The van der Waals surface area contributed by atoms with E-state index in [1.54, 1.807) is 6.92 Å². The van der Waals surface area contributed by atoms with Crippen molar-refractivity contribution >= 4 is 16.6 Å². The lowest BCUT2D eigenvalue weighted by molar-refractivity contribution is -0.116. The molecule has 0 amide bonds. The van der Waals surface area contributed by atoms with Crippen LogP contribution in [-0.2, 0) is 20.3 Å². The number of carbonyl (C=O) groups is 1. The summed E-state index contributed by atoms with van der Waals surface area (Å²) in [5.41, 5.74) is 0. The fraction of sp³-hybridized carbons (Fsp3) is 0.889. The number of ketones is 1. The molecule has 1 fully saturated rings. The van der Waals surface area contributed by atoms with Gasteiger partial charge in [-0.05, 0) is 27.2 Å². The Hall–Kier alpha value is -0.220. The Kier molecular flexibility index (Phi) is 3.62. The summed E-state index contributed by atoms with van der Waals surface area (Å²) >= 11 is 0. The first-order chi connectivity index (χ1) is 6.04. The molecule has 1 heterocycles. The molecule has 1 saturated heterocycles. The van der Waals surface area contributed by atoms with Gasteiger partial charge in [0.2, 0.25) is 0 Å². The Labute approximate surface area is 81.3 Å². The number of hydrogen-bond donors (Lipinski definition) is 0. The molecule has 76 valence electrons. The van der Waals surface area contributed by atoms with E-state index in [-0.39, 0.29) is 22.4 Å². The van der Waals surface area contributed by atoms with Crippen molar-refractivity contribution in [3.63, 3.8) is 0 Å². The molecule has 0 aromatic rings. The molecule has 1 aliphatic heterocycles. The highest BCUT2D eigenvalue weighted by atomic mass is 32.2. The molecule has 0 saturated carbocycles. The molecule has 13 heavy (non-hydrogen) atoms. The molecule has 4 atom stereocenters. The average Bonchev–Trinajstić information content (AvgIpc) is 2.48. The second-order valence-corrected chi connectivity index (χ2v) is 5.45. The molecular formula is C9H16O3S. The largest absolute Gasteiger partial charge is 0.377 e. The number of hydrogen-bond acceptors (Lipinski definition) is 3. The van der Waals surface area contributed by atoms with Crippen LogP contribution in [0.3, 0.4) is 0 Å². The van der Waals surface area contributed by atoms with Gasteiger partial charge in [0.25, 0.3) is 0 Å². The summed E-state index contributed by atoms with van der Waals surface area (Å²) in [6.07, 6.45) is 0.841. The first-order valence-corrected chi connectivity index (χ1v) is 5.83. The van der Waals surface area contributed by atoms with Crippen LogP contribution in [-0.4, -0.2) is 33.2 Å². The van der Waals surface area contributed by atoms with Gasteiger partial charge in [-0.2, -0.15) is 0 Å². The van der Waals surface area contributed by atoms with Gasteiger partial charge in [0.15, 0.2) is 0 Å². The standard InChI is InChI=1S/C9H16O3S/c1-6(10)8(3)13(11)9-4-5-12-7(9)2/h7-9H,4-5H2,1-3H3. The number of carbonyl (C=O) groups excluding carboxylic acids is 1. The van der Waals surface area contributed by atoms with Crippen molar-refractivity contribution in [3.05, 3.63) is 0 Å². The van der Waals surface area contributed by atoms with Crippen LogP contribution in [0.5, 0.6) is 0 Å². The van der Waals surface area contributed by atoms with Crippen LogP contribution in [0.25, 0.3) is 0 Å². The molecule has 1 aliphatic rings. The van der Waals surface area contributed by atoms with Crippen molar-refractivity contribution in [2.75, 3.05) is 6.61 Å². The molecule has 0 spiro atoms. The van der Waals surface area contributed by atoms with Crippen molar-refractivity contribution in [3.8, 4) is 0 Å². The fourth-order valence-corrected chi connectivity index (χ4v) is 3.08. The van der Waals surface area contributed by atoms with Gasteiger partial charge in [0, 0.05) is 17.4 Å². The van der Waals surface area contributed by atoms with Gasteiger partial charge >= 0.3 is 0 Å². The smallest absolute Gasteiger partial charge is 0.145 e. The minimum Gasteiger partial charge on any atom is -0.377 e. The van der Waals surface area contributed by atoms with Crippen LogP contribution in [0.2, 0.25) is 0 Å². The number of Topliss-reactive ketones (excluding diaryl/α,β-unsaturated/α-hetero) is 1. The van der Waals surface area contributed by atoms with Gasteiger partial charge in [-0.3, -0.25) is 9.00 Å². The van der Waals surface area contributed by atoms with Gasteiger partial charge < -0.3 is 4.74 Å². The zero-order chi connectivity index (χ0) is 10.0. The molecule has 4 heteroatoms. The minimum absolute atomic E-state index is 0.00238. The van der Waals surface area contributed by atoms with Crippen LogP contribution in [0.1, 0.15) is 27.2 Å². The Balaban J connectivity index is 2.61. The van der Waals surface area contributed by atoms with Crippen molar-refractivity contribution in [1.29, 1.82) is 0 Å². The summed E-state index contributed by atoms with van der Waals surface area (Å²) in [6, 6.07) is 0.